The molecule has 0 spiro atoms. The summed E-state index contributed by atoms with van der Waals surface area (Å²) in [4.78, 5) is 0.344. The fourth-order valence-electron chi connectivity index (χ4n) is 1.93. The zero-order valence-electron chi connectivity index (χ0n) is 12.2. The summed E-state index contributed by atoms with van der Waals surface area (Å²) in [7, 11) is -3.37. The van der Waals surface area contributed by atoms with Crippen molar-refractivity contribution in [3.8, 4) is 0 Å². The lowest BCUT2D eigenvalue weighted by Gasteiger charge is -2.13. The average molecular weight is 287 g/mol. The molecule has 0 radical (unpaired) electrons. The molecule has 1 aromatic heterocycles. The molecule has 1 rings (SSSR count). The topological polar surface area (TPSA) is 63.1 Å². The molecule has 110 valence electrons. The van der Waals surface area contributed by atoms with Gasteiger partial charge in [0.1, 0.15) is 0 Å². The van der Waals surface area contributed by atoms with Crippen molar-refractivity contribution in [3.05, 3.63) is 18.0 Å². The Bertz CT molecular complexity index is 492. The number of hydrogen-bond acceptors (Lipinski definition) is 3. The van der Waals surface area contributed by atoms with Crippen molar-refractivity contribution in [1.82, 2.24) is 14.6 Å². The first-order valence-electron chi connectivity index (χ1n) is 6.83. The van der Waals surface area contributed by atoms with E-state index in [0.717, 1.165) is 18.7 Å². The highest BCUT2D eigenvalue weighted by atomic mass is 32.2. The van der Waals surface area contributed by atoms with Gasteiger partial charge in [-0.15, -0.1) is 0 Å². The van der Waals surface area contributed by atoms with Gasteiger partial charge in [0.2, 0.25) is 10.0 Å². The molecule has 5 nitrogen and oxygen atoms in total. The van der Waals surface area contributed by atoms with Crippen LogP contribution in [0.5, 0.6) is 0 Å². The molecule has 0 aliphatic carbocycles. The Labute approximate surface area is 116 Å². The van der Waals surface area contributed by atoms with Crippen LogP contribution in [0.4, 0.5) is 0 Å². The summed E-state index contributed by atoms with van der Waals surface area (Å²) in [5.74, 6) is 0. The van der Waals surface area contributed by atoms with E-state index in [0.29, 0.717) is 18.0 Å². The van der Waals surface area contributed by atoms with E-state index in [1.807, 2.05) is 18.4 Å². The van der Waals surface area contributed by atoms with E-state index in [1.54, 1.807) is 19.2 Å². The van der Waals surface area contributed by atoms with Gasteiger partial charge in [0, 0.05) is 31.0 Å². The van der Waals surface area contributed by atoms with Gasteiger partial charge in [0.25, 0.3) is 0 Å². The molecule has 0 fully saturated rings. The number of hydrogen-bond donors (Lipinski definition) is 2. The first-order valence-corrected chi connectivity index (χ1v) is 8.31. The molecule has 2 N–H and O–H groups in total. The lowest BCUT2D eigenvalue weighted by molar-refractivity contribution is 0.549. The third kappa shape index (κ3) is 4.33. The molecule has 0 aromatic carbocycles. The minimum absolute atomic E-state index is 0.240. The quantitative estimate of drug-likeness (QED) is 0.717. The Balaban J connectivity index is 3.00. The lowest BCUT2D eigenvalue weighted by atomic mass is 10.3. The van der Waals surface area contributed by atoms with E-state index in [2.05, 4.69) is 17.0 Å². The summed E-state index contributed by atoms with van der Waals surface area (Å²) >= 11 is 0. The maximum Gasteiger partial charge on any atom is 0.242 e. The van der Waals surface area contributed by atoms with E-state index >= 15 is 0 Å². The molecular formula is C13H25N3O2S. The predicted molar refractivity (Wildman–Crippen MR) is 77.7 cm³/mol. The molecule has 0 saturated heterocycles. The Morgan fingerprint density at radius 1 is 1.32 bits per heavy atom. The van der Waals surface area contributed by atoms with Crippen LogP contribution < -0.4 is 10.0 Å². The summed E-state index contributed by atoms with van der Waals surface area (Å²) in [5, 5.41) is 3.31. The second kappa shape index (κ2) is 7.07. The van der Waals surface area contributed by atoms with Crippen molar-refractivity contribution in [2.24, 2.45) is 0 Å². The molecule has 19 heavy (non-hydrogen) atoms. The van der Waals surface area contributed by atoms with E-state index < -0.39 is 10.0 Å². The Morgan fingerprint density at radius 3 is 2.53 bits per heavy atom. The van der Waals surface area contributed by atoms with Gasteiger partial charge in [0.15, 0.2) is 0 Å². The highest BCUT2D eigenvalue weighted by Gasteiger charge is 2.18. The van der Waals surface area contributed by atoms with E-state index in [4.69, 9.17) is 0 Å². The monoisotopic (exact) mass is 287 g/mol. The highest BCUT2D eigenvalue weighted by molar-refractivity contribution is 7.89. The predicted octanol–water partition coefficient (Wildman–Crippen LogP) is 1.87. The molecule has 1 heterocycles. The highest BCUT2D eigenvalue weighted by Crippen LogP contribution is 2.18. The zero-order valence-corrected chi connectivity index (χ0v) is 13.0. The van der Waals surface area contributed by atoms with Gasteiger partial charge in [-0.05, 0) is 32.9 Å². The van der Waals surface area contributed by atoms with Gasteiger partial charge in [-0.2, -0.15) is 0 Å². The molecule has 0 aliphatic rings. The fraction of sp³-hybridized carbons (Fsp3) is 0.692. The molecule has 6 heteroatoms. The van der Waals surface area contributed by atoms with Gasteiger partial charge in [-0.3, -0.25) is 0 Å². The number of nitrogens with zero attached hydrogens (tertiary/aromatic N) is 1. The van der Waals surface area contributed by atoms with Crippen LogP contribution >= 0.6 is 0 Å². The standard InChI is InChI=1S/C13H25N3O2S/c1-5-7-14-9-12-8-13(10-16(12)11(3)4)19(17,18)15-6-2/h8,10-11,14-15H,5-7,9H2,1-4H3. The second-order valence-corrected chi connectivity index (χ2v) is 6.61. The van der Waals surface area contributed by atoms with E-state index in [-0.39, 0.29) is 6.04 Å². The summed E-state index contributed by atoms with van der Waals surface area (Å²) in [5.41, 5.74) is 1.000. The molecule has 0 atom stereocenters. The van der Waals surface area contributed by atoms with Crippen LogP contribution in [0.1, 0.15) is 45.9 Å². The van der Waals surface area contributed by atoms with Crippen LogP contribution in [0.3, 0.4) is 0 Å². The minimum atomic E-state index is -3.37. The molecule has 0 bridgehead atoms. The first kappa shape index (κ1) is 16.2. The van der Waals surface area contributed by atoms with E-state index in [9.17, 15) is 8.42 Å². The van der Waals surface area contributed by atoms with Crippen molar-refractivity contribution >= 4 is 10.0 Å². The SMILES string of the molecule is CCCNCc1cc(S(=O)(=O)NCC)cn1C(C)C. The first-order chi connectivity index (χ1) is 8.92. The zero-order chi connectivity index (χ0) is 14.5. The maximum absolute atomic E-state index is 12.0. The number of rotatable bonds is 8. The van der Waals surface area contributed by atoms with Crippen molar-refractivity contribution in [3.63, 3.8) is 0 Å². The van der Waals surface area contributed by atoms with Gasteiger partial charge in [-0.1, -0.05) is 13.8 Å². The Hall–Kier alpha value is -0.850. The largest absolute Gasteiger partial charge is 0.346 e. The summed E-state index contributed by atoms with van der Waals surface area (Å²) in [6.07, 6.45) is 2.77. The van der Waals surface area contributed by atoms with Crippen molar-refractivity contribution < 1.29 is 8.42 Å². The third-order valence-corrected chi connectivity index (χ3v) is 4.35. The summed E-state index contributed by atoms with van der Waals surface area (Å²) < 4.78 is 28.5. The van der Waals surface area contributed by atoms with Gasteiger partial charge < -0.3 is 9.88 Å². The van der Waals surface area contributed by atoms with Crippen LogP contribution in [-0.2, 0) is 16.6 Å². The van der Waals surface area contributed by atoms with E-state index in [1.165, 1.54) is 0 Å². The summed E-state index contributed by atoms with van der Waals surface area (Å²) in [6.45, 7) is 10.0. The van der Waals surface area contributed by atoms with Gasteiger partial charge in [0.05, 0.1) is 4.90 Å². The van der Waals surface area contributed by atoms with Crippen molar-refractivity contribution in [2.45, 2.75) is 51.6 Å². The fourth-order valence-corrected chi connectivity index (χ4v) is 3.02. The van der Waals surface area contributed by atoms with Crippen molar-refractivity contribution in [2.75, 3.05) is 13.1 Å². The number of aromatic nitrogens is 1. The molecule has 0 saturated carbocycles. The van der Waals surface area contributed by atoms with Gasteiger partial charge in [-0.25, -0.2) is 13.1 Å². The molecule has 1 aromatic rings. The lowest BCUT2D eigenvalue weighted by Crippen LogP contribution is -2.22. The molecular weight excluding hydrogens is 262 g/mol. The average Bonchev–Trinajstić information content (AvgIpc) is 2.74. The normalized spacial score (nSPS) is 12.3. The third-order valence-electron chi connectivity index (χ3n) is 2.84. The van der Waals surface area contributed by atoms with Crippen LogP contribution in [0.25, 0.3) is 0 Å². The van der Waals surface area contributed by atoms with Crippen LogP contribution in [-0.4, -0.2) is 26.1 Å². The van der Waals surface area contributed by atoms with Crippen LogP contribution in [0, 0.1) is 0 Å². The molecule has 0 unspecified atom stereocenters. The molecule has 0 amide bonds. The second-order valence-electron chi connectivity index (χ2n) is 4.85. The van der Waals surface area contributed by atoms with Crippen LogP contribution in [0.15, 0.2) is 17.2 Å². The number of sulfonamides is 1. The van der Waals surface area contributed by atoms with Gasteiger partial charge >= 0.3 is 0 Å². The number of nitrogens with one attached hydrogen (secondary N) is 2. The van der Waals surface area contributed by atoms with Crippen LogP contribution in [0.2, 0.25) is 0 Å². The smallest absolute Gasteiger partial charge is 0.242 e. The molecule has 0 aliphatic heterocycles. The van der Waals surface area contributed by atoms with Crippen molar-refractivity contribution in [1.29, 1.82) is 0 Å². The Kier molecular flexibility index (Phi) is 6.03. The minimum Gasteiger partial charge on any atom is -0.346 e. The summed E-state index contributed by atoms with van der Waals surface area (Å²) in [6, 6.07) is 1.99. The maximum atomic E-state index is 12.0. The Morgan fingerprint density at radius 2 is 2.00 bits per heavy atom.